The van der Waals surface area contributed by atoms with Crippen molar-refractivity contribution >= 4 is 130 Å². The quantitative estimate of drug-likeness (QED) is 0.0178. The summed E-state index contributed by atoms with van der Waals surface area (Å²) in [6.45, 7) is 3.88. The van der Waals surface area contributed by atoms with Crippen molar-refractivity contribution in [3.63, 3.8) is 0 Å². The van der Waals surface area contributed by atoms with Gasteiger partial charge in [0.25, 0.3) is 5.91 Å². The topological polar surface area (TPSA) is 675 Å². The Kier molecular flexibility index (Phi) is 40.6. The van der Waals surface area contributed by atoms with E-state index in [-0.39, 0.29) is 89.6 Å². The summed E-state index contributed by atoms with van der Waals surface area (Å²) < 4.78 is 1.20. The van der Waals surface area contributed by atoms with Gasteiger partial charge in [-0.05, 0) is 183 Å². The van der Waals surface area contributed by atoms with Crippen molar-refractivity contribution in [3.05, 3.63) is 120 Å². The molecule has 3 heterocycles. The van der Waals surface area contributed by atoms with Gasteiger partial charge >= 0.3 is 12.0 Å². The number of amides is 15. The molecule has 1 aliphatic heterocycles. The molecule has 0 radical (unpaired) electrons. The molecule has 0 bridgehead atoms. The molecule has 5 aromatic rings. The van der Waals surface area contributed by atoms with Crippen LogP contribution in [0.15, 0.2) is 107 Å². The van der Waals surface area contributed by atoms with Crippen molar-refractivity contribution in [3.8, 4) is 0 Å². The van der Waals surface area contributed by atoms with Gasteiger partial charge in [-0.25, -0.2) is 4.79 Å². The van der Waals surface area contributed by atoms with E-state index in [4.69, 9.17) is 33.8 Å². The van der Waals surface area contributed by atoms with Gasteiger partial charge in [0.2, 0.25) is 76.8 Å². The number of benzene rings is 3. The van der Waals surface area contributed by atoms with Gasteiger partial charge in [-0.1, -0.05) is 74.1 Å². The number of nitrogens with zero attached hydrogens (tertiary/aromatic N) is 3. The largest absolute Gasteiger partial charge is 0.481 e. The smallest absolute Gasteiger partial charge is 0.343 e. The lowest BCUT2D eigenvalue weighted by atomic mass is 9.76. The number of rotatable bonds is 39. The third-order valence-electron chi connectivity index (χ3n) is 20.9. The Morgan fingerprint density at radius 1 is 0.591 bits per heavy atom. The molecule has 13 atom stereocenters. The van der Waals surface area contributed by atoms with E-state index in [0.29, 0.717) is 62.5 Å². The molecule has 1 saturated heterocycles. The first kappa shape index (κ1) is 102. The van der Waals surface area contributed by atoms with Crippen LogP contribution in [0.4, 0.5) is 4.79 Å². The number of aliphatic carboxylic acids is 1. The average Bonchev–Trinajstić information content (AvgIpc) is 1.63. The fourth-order valence-corrected chi connectivity index (χ4v) is 14.9. The van der Waals surface area contributed by atoms with E-state index in [1.54, 1.807) is 111 Å². The van der Waals surface area contributed by atoms with Gasteiger partial charge in [-0.15, -0.1) is 0 Å². The van der Waals surface area contributed by atoms with Crippen LogP contribution in [0.1, 0.15) is 145 Å². The Morgan fingerprint density at radius 3 is 1.71 bits per heavy atom. The number of carbonyl (C=O) groups excluding carboxylic acids is 15. The van der Waals surface area contributed by atoms with Crippen LogP contribution in [0.3, 0.4) is 0 Å². The van der Waals surface area contributed by atoms with E-state index < -0.39 is 218 Å². The molecular weight excluding hydrogens is 1670 g/mol. The molecule has 3 aromatic carbocycles. The van der Waals surface area contributed by atoms with Crippen LogP contribution < -0.4 is 108 Å². The van der Waals surface area contributed by atoms with Crippen LogP contribution >= 0.6 is 11.8 Å². The predicted octanol–water partition coefficient (Wildman–Crippen LogP) is -4.00. The summed E-state index contributed by atoms with van der Waals surface area (Å²) >= 11 is 1.30. The highest BCUT2D eigenvalue weighted by molar-refractivity contribution is 7.99. The van der Waals surface area contributed by atoms with Crippen molar-refractivity contribution in [1.82, 2.24) is 94.5 Å². The van der Waals surface area contributed by atoms with Crippen LogP contribution in [0.5, 0.6) is 0 Å². The summed E-state index contributed by atoms with van der Waals surface area (Å²) in [7, 11) is 1.53. The fraction of sp³-hybridized carbons (Fsp3) is 0.500. The van der Waals surface area contributed by atoms with Gasteiger partial charge in [-0.2, -0.15) is 9.78 Å². The average molecular weight is 1790 g/mol. The van der Waals surface area contributed by atoms with Gasteiger partial charge in [0, 0.05) is 67.2 Å². The predicted molar refractivity (Wildman–Crippen MR) is 467 cm³/mol. The minimum Gasteiger partial charge on any atom is -0.481 e. The first-order chi connectivity index (χ1) is 60.6. The number of fused-ring (bicyclic) bond motifs is 1. The van der Waals surface area contributed by atoms with E-state index in [9.17, 15) is 92.0 Å². The minimum atomic E-state index is -1.92. The fourth-order valence-electron chi connectivity index (χ4n) is 13.9. The Balaban J connectivity index is 1.03. The van der Waals surface area contributed by atoms with Crippen molar-refractivity contribution in [1.29, 1.82) is 0 Å². The number of aromatic nitrogens is 3. The molecule has 2 aromatic heterocycles. The maximum atomic E-state index is 14.8. The Hall–Kier alpha value is -12.4. The third-order valence-corrected chi connectivity index (χ3v) is 22.0. The lowest BCUT2D eigenvalue weighted by Gasteiger charge is -2.42. The maximum absolute atomic E-state index is 14.8. The van der Waals surface area contributed by atoms with Crippen molar-refractivity contribution < 1.29 is 92.0 Å². The van der Waals surface area contributed by atoms with Gasteiger partial charge in [0.05, 0.1) is 40.2 Å². The lowest BCUT2D eigenvalue weighted by Crippen LogP contribution is -2.62. The van der Waals surface area contributed by atoms with Crippen LogP contribution in [0.25, 0.3) is 23.1 Å². The number of aliphatic hydroxyl groups excluding tert-OH is 2. The molecule has 1 saturated carbocycles. The highest BCUT2D eigenvalue weighted by Gasteiger charge is 2.42. The highest BCUT2D eigenvalue weighted by atomic mass is 32.2. The van der Waals surface area contributed by atoms with Crippen LogP contribution in [-0.4, -0.2) is 262 Å². The molecule has 2 fully saturated rings. The number of hydrogen-bond acceptors (Lipinski definition) is 26. The number of nitrogens with one attached hydrogen (secondary N) is 15. The second kappa shape index (κ2) is 50.7. The maximum Gasteiger partial charge on any atom is 0.343 e. The van der Waals surface area contributed by atoms with Crippen molar-refractivity contribution in [2.24, 2.45) is 34.6 Å². The molecule has 43 heteroatoms. The molecule has 5 unspecified atom stereocenters. The number of carbonyl (C=O) groups is 16. The standard InChI is InChI=1S/C84H119N23O19S/c1-46(2)42-62-79(122)98-57(28-36-86)73(116)97-60(31-39-89)78(121)103-69(47(3)108)81(124)92-41-32-61(76(119)96-58(29-37-87)75(118)102-63(80(123)101-62)43-49-14-7-6-8-15-49)99-74(117)59(30-38-88)100-82(125)70(48(4)109)104-77(120)56(27-35-85)95-67(111)25-24-66(110)94-55(23-26-68(112)113)72(115)93-45-84(33-13-34-84)105-83(126)107-64-44-51(127-65-18-10-9-17-53(65)71(114)90-5)20-21-52(64)54(106-107)22-19-50-16-11-12-40-91-50/h6-12,14-22,40,44,46-48,55-63,69-70,108-109H,13,23-39,41-43,45,85-89H2,1-5H3,(H,90,114)(H,92,124)(H,93,115)(H,94,110)(H,95,111)(H,96,119)(H,97,116)(H,98,122)(H,99,117)(H,100,125)(H,101,123)(H,102,118)(H,103,121)(H,104,120)(H,105,126)(H,112,113)/b22-19+/t47?,48-,55+,56+,57-,58?,59+,60?,61+,62-,63-,69?,70?/m0/s1. The number of carboxylic acids is 1. The van der Waals surface area contributed by atoms with Crippen molar-refractivity contribution in [2.45, 2.75) is 218 Å². The van der Waals surface area contributed by atoms with E-state index in [1.165, 1.54) is 23.5 Å². The SMILES string of the molecule is CNC(=O)c1ccccc1Sc1ccc2c(/C=C/c3ccccn3)nn(C(=O)NC3(CNC(=O)[C@@H](CCC(=O)O)NC(=O)CCC(=O)N[C@H](CCN)C(=O)NC(C(=O)N[C@H](CCN)C(=O)N[C@@H]4CCNC(=O)C(C(C)O)NC(=O)C(CCN)NC(=O)[C@H](CCN)NC(=O)[C@H](CC(C)C)NC(=O)[C@H](Cc5ccccc5)NC(=O)C(CCN)NC4=O)[C@H](C)O)CCC3)c2c1. The molecule has 1 aliphatic carbocycles. The number of hydrogen-bond donors (Lipinski definition) is 23. The number of nitrogens with two attached hydrogens (primary N) is 5. The second-order valence-electron chi connectivity index (χ2n) is 31.4. The molecular formula is C84H119N23O19S. The summed E-state index contributed by atoms with van der Waals surface area (Å²) in [5.41, 5.74) is 31.0. The van der Waals surface area contributed by atoms with Crippen LogP contribution in [0, 0.1) is 5.92 Å². The molecule has 42 nitrogen and oxygen atoms in total. The second-order valence-corrected chi connectivity index (χ2v) is 32.5. The van der Waals surface area contributed by atoms with E-state index in [0.717, 1.165) is 13.8 Å². The Labute approximate surface area is 737 Å². The van der Waals surface area contributed by atoms with E-state index >= 15 is 0 Å². The van der Waals surface area contributed by atoms with Gasteiger partial charge in [-0.3, -0.25) is 76.9 Å². The molecule has 2 aliphatic rings. The zero-order valence-corrected chi connectivity index (χ0v) is 72.4. The number of aliphatic hydroxyl groups is 2. The zero-order valence-electron chi connectivity index (χ0n) is 71.5. The van der Waals surface area contributed by atoms with Crippen LogP contribution in [0.2, 0.25) is 0 Å². The van der Waals surface area contributed by atoms with Crippen molar-refractivity contribution in [2.75, 3.05) is 52.9 Å². The Bertz CT molecular complexity index is 4690. The summed E-state index contributed by atoms with van der Waals surface area (Å²) in [6, 6.07) is 8.08. The number of carboxylic acid groups (broad SMARTS) is 1. The molecule has 7 rings (SSSR count). The number of pyridine rings is 1. The first-order valence-electron chi connectivity index (χ1n) is 42.1. The molecule has 127 heavy (non-hydrogen) atoms. The van der Waals surface area contributed by atoms with Crippen LogP contribution in [-0.2, 0) is 73.5 Å². The summed E-state index contributed by atoms with van der Waals surface area (Å²) in [5.74, 6) is -14.7. The highest BCUT2D eigenvalue weighted by Crippen LogP contribution is 2.35. The summed E-state index contributed by atoms with van der Waals surface area (Å²) in [4.78, 5) is 230. The first-order valence-corrected chi connectivity index (χ1v) is 42.9. The third kappa shape index (κ3) is 31.3. The summed E-state index contributed by atoms with van der Waals surface area (Å²) in [6.07, 6.45) is -1.25. The lowest BCUT2D eigenvalue weighted by molar-refractivity contribution is -0.138. The normalized spacial score (nSPS) is 20.0. The molecule has 0 spiro atoms. The zero-order chi connectivity index (χ0) is 93.0. The van der Waals surface area contributed by atoms with E-state index in [2.05, 4.69) is 84.7 Å². The molecule has 28 N–H and O–H groups in total. The molecule has 15 amide bonds. The van der Waals surface area contributed by atoms with Gasteiger partial charge in [0.15, 0.2) is 0 Å². The Morgan fingerprint density at radius 2 is 1.15 bits per heavy atom. The minimum absolute atomic E-state index is 0.000479. The monoisotopic (exact) mass is 1790 g/mol. The summed E-state index contributed by atoms with van der Waals surface area (Å²) in [5, 5.41) is 75.5. The van der Waals surface area contributed by atoms with Gasteiger partial charge in [0.1, 0.15) is 66.5 Å². The van der Waals surface area contributed by atoms with Gasteiger partial charge < -0.3 is 124 Å². The van der Waals surface area contributed by atoms with E-state index in [1.807, 2.05) is 12.1 Å². The molecule has 690 valence electrons.